The molecule has 2 atom stereocenters. The third-order valence-corrected chi connectivity index (χ3v) is 4.34. The van der Waals surface area contributed by atoms with Crippen molar-refractivity contribution in [2.24, 2.45) is 11.8 Å². The number of hydrogen-bond acceptors (Lipinski definition) is 2. The fraction of sp³-hybridized carbons (Fsp3) is 0.500. The number of halogens is 1. The molecule has 92 valence electrons. The van der Waals surface area contributed by atoms with Crippen molar-refractivity contribution in [3.63, 3.8) is 0 Å². The lowest BCUT2D eigenvalue weighted by molar-refractivity contribution is -0.142. The molecule has 0 bridgehead atoms. The van der Waals surface area contributed by atoms with Crippen molar-refractivity contribution < 1.29 is 9.53 Å². The fourth-order valence-electron chi connectivity index (χ4n) is 2.22. The number of methoxy groups -OCH3 is 1. The molecule has 0 heterocycles. The predicted octanol–water partition coefficient (Wildman–Crippen LogP) is 3.50. The largest absolute Gasteiger partial charge is 0.469 e. The Morgan fingerprint density at radius 2 is 2.29 bits per heavy atom. The van der Waals surface area contributed by atoms with Crippen molar-refractivity contribution in [2.75, 3.05) is 7.11 Å². The SMILES string of the molecule is COC(=O)C1CC1CCc1ccc(Br)c(C)c1. The summed E-state index contributed by atoms with van der Waals surface area (Å²) in [5.41, 5.74) is 2.61. The molecular formula is C14H17BrO2. The molecule has 0 saturated heterocycles. The molecule has 0 aliphatic heterocycles. The van der Waals surface area contributed by atoms with Crippen LogP contribution in [0.25, 0.3) is 0 Å². The highest BCUT2D eigenvalue weighted by Crippen LogP contribution is 2.42. The zero-order chi connectivity index (χ0) is 12.4. The van der Waals surface area contributed by atoms with E-state index in [-0.39, 0.29) is 11.9 Å². The molecule has 1 saturated carbocycles. The van der Waals surface area contributed by atoms with Crippen LogP contribution in [0.1, 0.15) is 24.0 Å². The normalized spacial score (nSPS) is 22.3. The second-order valence-electron chi connectivity index (χ2n) is 4.75. The minimum absolute atomic E-state index is 0.0398. The van der Waals surface area contributed by atoms with Gasteiger partial charge in [-0.05, 0) is 49.3 Å². The summed E-state index contributed by atoms with van der Waals surface area (Å²) < 4.78 is 5.90. The van der Waals surface area contributed by atoms with Crippen LogP contribution in [0, 0.1) is 18.8 Å². The summed E-state index contributed by atoms with van der Waals surface area (Å²) >= 11 is 3.50. The van der Waals surface area contributed by atoms with E-state index in [2.05, 4.69) is 41.1 Å². The maximum Gasteiger partial charge on any atom is 0.308 e. The summed E-state index contributed by atoms with van der Waals surface area (Å²) in [6.07, 6.45) is 3.13. The average Bonchev–Trinajstić information content (AvgIpc) is 3.09. The maximum atomic E-state index is 11.3. The minimum Gasteiger partial charge on any atom is -0.469 e. The van der Waals surface area contributed by atoms with Crippen molar-refractivity contribution in [2.45, 2.75) is 26.2 Å². The number of hydrogen-bond donors (Lipinski definition) is 0. The summed E-state index contributed by atoms with van der Waals surface area (Å²) in [4.78, 5) is 11.3. The molecule has 1 aromatic rings. The number of benzene rings is 1. The Kier molecular flexibility index (Phi) is 3.87. The van der Waals surface area contributed by atoms with E-state index in [0.717, 1.165) is 23.7 Å². The molecule has 2 rings (SSSR count). The fourth-order valence-corrected chi connectivity index (χ4v) is 2.47. The van der Waals surface area contributed by atoms with Gasteiger partial charge in [-0.15, -0.1) is 0 Å². The molecule has 1 aromatic carbocycles. The number of carbonyl (C=O) groups excluding carboxylic acids is 1. The van der Waals surface area contributed by atoms with Gasteiger partial charge >= 0.3 is 5.97 Å². The van der Waals surface area contributed by atoms with E-state index in [4.69, 9.17) is 4.74 Å². The van der Waals surface area contributed by atoms with Gasteiger partial charge in [0.15, 0.2) is 0 Å². The first-order valence-electron chi connectivity index (χ1n) is 5.94. The van der Waals surface area contributed by atoms with Crippen LogP contribution in [-0.2, 0) is 16.0 Å². The average molecular weight is 297 g/mol. The van der Waals surface area contributed by atoms with Crippen LogP contribution in [0.2, 0.25) is 0 Å². The van der Waals surface area contributed by atoms with Crippen molar-refractivity contribution in [3.05, 3.63) is 33.8 Å². The topological polar surface area (TPSA) is 26.3 Å². The first-order valence-corrected chi connectivity index (χ1v) is 6.74. The highest BCUT2D eigenvalue weighted by molar-refractivity contribution is 9.10. The van der Waals surface area contributed by atoms with Crippen LogP contribution >= 0.6 is 15.9 Å². The number of rotatable bonds is 4. The molecule has 2 unspecified atom stereocenters. The first-order chi connectivity index (χ1) is 8.11. The maximum absolute atomic E-state index is 11.3. The standard InChI is InChI=1S/C14H17BrO2/c1-9-7-10(4-6-13(9)15)3-5-11-8-12(11)14(16)17-2/h4,6-7,11-12H,3,5,8H2,1-2H3. The third-order valence-electron chi connectivity index (χ3n) is 3.45. The molecule has 0 amide bonds. The Morgan fingerprint density at radius 3 is 2.94 bits per heavy atom. The van der Waals surface area contributed by atoms with E-state index in [1.54, 1.807) is 0 Å². The molecule has 3 heteroatoms. The zero-order valence-electron chi connectivity index (χ0n) is 10.2. The zero-order valence-corrected chi connectivity index (χ0v) is 11.8. The van der Waals surface area contributed by atoms with Crippen LogP contribution in [0.5, 0.6) is 0 Å². The summed E-state index contributed by atoms with van der Waals surface area (Å²) in [7, 11) is 1.47. The van der Waals surface area contributed by atoms with Gasteiger partial charge < -0.3 is 4.74 Å². The highest BCUT2D eigenvalue weighted by atomic mass is 79.9. The molecule has 0 aromatic heterocycles. The number of ether oxygens (including phenoxy) is 1. The van der Waals surface area contributed by atoms with Gasteiger partial charge in [-0.25, -0.2) is 0 Å². The van der Waals surface area contributed by atoms with E-state index < -0.39 is 0 Å². The van der Waals surface area contributed by atoms with E-state index >= 15 is 0 Å². The minimum atomic E-state index is -0.0398. The van der Waals surface area contributed by atoms with Crippen LogP contribution in [0.3, 0.4) is 0 Å². The van der Waals surface area contributed by atoms with Gasteiger partial charge in [0.2, 0.25) is 0 Å². The quantitative estimate of drug-likeness (QED) is 0.795. The lowest BCUT2D eigenvalue weighted by Gasteiger charge is -2.04. The van der Waals surface area contributed by atoms with Gasteiger partial charge in [-0.1, -0.05) is 28.1 Å². The Balaban J connectivity index is 1.83. The molecule has 0 N–H and O–H groups in total. The van der Waals surface area contributed by atoms with Gasteiger partial charge in [0.05, 0.1) is 13.0 Å². The van der Waals surface area contributed by atoms with Gasteiger partial charge in [0.1, 0.15) is 0 Å². The molecule has 1 aliphatic rings. The van der Waals surface area contributed by atoms with Crippen molar-refractivity contribution in [3.8, 4) is 0 Å². The van der Waals surface area contributed by atoms with Crippen LogP contribution in [-0.4, -0.2) is 13.1 Å². The molecule has 0 radical (unpaired) electrons. The molecule has 2 nitrogen and oxygen atoms in total. The molecule has 17 heavy (non-hydrogen) atoms. The van der Waals surface area contributed by atoms with E-state index in [1.165, 1.54) is 18.2 Å². The Bertz CT molecular complexity index is 428. The van der Waals surface area contributed by atoms with Gasteiger partial charge in [0, 0.05) is 4.47 Å². The second-order valence-corrected chi connectivity index (χ2v) is 5.60. The Hall–Kier alpha value is -0.830. The molecule has 1 aliphatic carbocycles. The Morgan fingerprint density at radius 1 is 1.53 bits per heavy atom. The summed E-state index contributed by atoms with van der Waals surface area (Å²) in [5, 5.41) is 0. The lowest BCUT2D eigenvalue weighted by Crippen LogP contribution is -2.04. The van der Waals surface area contributed by atoms with Crippen molar-refractivity contribution in [1.29, 1.82) is 0 Å². The first kappa shape index (κ1) is 12.6. The van der Waals surface area contributed by atoms with Gasteiger partial charge in [0.25, 0.3) is 0 Å². The highest BCUT2D eigenvalue weighted by Gasteiger charge is 2.43. The van der Waals surface area contributed by atoms with Crippen molar-refractivity contribution >= 4 is 21.9 Å². The number of aryl methyl sites for hydroxylation is 2. The molecular weight excluding hydrogens is 280 g/mol. The van der Waals surface area contributed by atoms with Gasteiger partial charge in [-0.2, -0.15) is 0 Å². The number of esters is 1. The van der Waals surface area contributed by atoms with Crippen LogP contribution in [0.15, 0.2) is 22.7 Å². The predicted molar refractivity (Wildman–Crippen MR) is 70.8 cm³/mol. The van der Waals surface area contributed by atoms with Gasteiger partial charge in [-0.3, -0.25) is 4.79 Å². The lowest BCUT2D eigenvalue weighted by atomic mass is 10.0. The van der Waals surface area contributed by atoms with E-state index in [1.807, 2.05) is 0 Å². The molecule has 1 fully saturated rings. The van der Waals surface area contributed by atoms with E-state index in [0.29, 0.717) is 5.92 Å². The molecule has 0 spiro atoms. The van der Waals surface area contributed by atoms with Crippen LogP contribution < -0.4 is 0 Å². The number of carbonyl (C=O) groups is 1. The Labute approximate surface area is 110 Å². The summed E-state index contributed by atoms with van der Waals surface area (Å²) in [6, 6.07) is 6.45. The van der Waals surface area contributed by atoms with Crippen molar-refractivity contribution in [1.82, 2.24) is 0 Å². The second kappa shape index (κ2) is 5.21. The smallest absolute Gasteiger partial charge is 0.308 e. The third kappa shape index (κ3) is 3.09. The summed E-state index contributed by atoms with van der Waals surface area (Å²) in [5.74, 6) is 0.657. The monoisotopic (exact) mass is 296 g/mol. The van der Waals surface area contributed by atoms with E-state index in [9.17, 15) is 4.79 Å². The van der Waals surface area contributed by atoms with Crippen LogP contribution in [0.4, 0.5) is 0 Å². The summed E-state index contributed by atoms with van der Waals surface area (Å²) in [6.45, 7) is 2.10.